The number of hydrogen-bond acceptors (Lipinski definition) is 3. The minimum Gasteiger partial charge on any atom is -0.495 e. The van der Waals surface area contributed by atoms with Crippen molar-refractivity contribution < 1.29 is 22.7 Å². The largest absolute Gasteiger partial charge is 0.495 e. The number of rotatable bonds is 5. The van der Waals surface area contributed by atoms with Crippen molar-refractivity contribution in [2.75, 3.05) is 19.0 Å². The Kier molecular flexibility index (Phi) is 6.78. The third-order valence-electron chi connectivity index (χ3n) is 4.29. The van der Waals surface area contributed by atoms with E-state index in [2.05, 4.69) is 20.6 Å². The number of methoxy groups -OCH3 is 1. The molecule has 0 saturated heterocycles. The predicted molar refractivity (Wildman–Crippen MR) is 114 cm³/mol. The summed E-state index contributed by atoms with van der Waals surface area (Å²) in [5.41, 5.74) is 1.15. The lowest BCUT2D eigenvalue weighted by atomic mass is 10.1. The number of benzene rings is 2. The van der Waals surface area contributed by atoms with Crippen LogP contribution in [0.3, 0.4) is 0 Å². The van der Waals surface area contributed by atoms with Crippen LogP contribution >= 0.6 is 34.8 Å². The first-order valence-electron chi connectivity index (χ1n) is 8.83. The number of aromatic amines is 1. The van der Waals surface area contributed by atoms with Crippen molar-refractivity contribution in [2.24, 2.45) is 0 Å². The maximum atomic E-state index is 12.9. The fraction of sp³-hybridized carbons (Fsp3) is 0.263. The van der Waals surface area contributed by atoms with Crippen molar-refractivity contribution in [3.63, 3.8) is 0 Å². The van der Waals surface area contributed by atoms with E-state index >= 15 is 0 Å². The number of hydrogen-bond donors (Lipinski definition) is 3. The fourth-order valence-electron chi connectivity index (χ4n) is 2.81. The van der Waals surface area contributed by atoms with Crippen LogP contribution in [0.4, 0.5) is 23.7 Å². The average Bonchev–Trinajstić information content (AvgIpc) is 3.11. The van der Waals surface area contributed by atoms with Gasteiger partial charge in [0, 0.05) is 6.54 Å². The SMILES string of the molecule is COc1ccc(C(F)(F)F)cc1NC(=O)NCCc1ccc2[nH]c(C(Cl)(Cl)Cl)nc2c1. The molecule has 0 fully saturated rings. The number of nitrogens with one attached hydrogen (secondary N) is 3. The molecule has 3 N–H and O–H groups in total. The molecule has 0 aliphatic carbocycles. The van der Waals surface area contributed by atoms with Gasteiger partial charge in [-0.15, -0.1) is 0 Å². The predicted octanol–water partition coefficient (Wildman–Crippen LogP) is 5.78. The molecule has 0 bridgehead atoms. The minimum atomic E-state index is -4.54. The molecular formula is C19H16Cl3F3N4O2. The fourth-order valence-corrected chi connectivity index (χ4v) is 3.08. The van der Waals surface area contributed by atoms with Gasteiger partial charge < -0.3 is 20.4 Å². The van der Waals surface area contributed by atoms with Crippen molar-refractivity contribution in [1.82, 2.24) is 15.3 Å². The molecule has 0 unspecified atom stereocenters. The number of imidazole rings is 1. The van der Waals surface area contributed by atoms with E-state index in [1.54, 1.807) is 12.1 Å². The molecule has 12 heteroatoms. The number of halogens is 6. The molecule has 166 valence electrons. The molecule has 31 heavy (non-hydrogen) atoms. The average molecular weight is 496 g/mol. The second kappa shape index (κ2) is 9.02. The third-order valence-corrected chi connectivity index (χ3v) is 4.83. The number of carbonyl (C=O) groups is 1. The summed E-state index contributed by atoms with van der Waals surface area (Å²) in [6, 6.07) is 7.53. The number of anilines is 1. The van der Waals surface area contributed by atoms with Crippen molar-refractivity contribution >= 4 is 57.6 Å². The van der Waals surface area contributed by atoms with Gasteiger partial charge in [-0.3, -0.25) is 0 Å². The molecule has 2 amide bonds. The van der Waals surface area contributed by atoms with Crippen LogP contribution in [-0.4, -0.2) is 29.7 Å². The third kappa shape index (κ3) is 5.87. The number of alkyl halides is 6. The van der Waals surface area contributed by atoms with Crippen LogP contribution in [-0.2, 0) is 16.4 Å². The van der Waals surface area contributed by atoms with Gasteiger partial charge in [0.25, 0.3) is 0 Å². The summed E-state index contributed by atoms with van der Waals surface area (Å²) in [6.45, 7) is 0.223. The minimum absolute atomic E-state index is 0.0907. The van der Waals surface area contributed by atoms with E-state index in [4.69, 9.17) is 39.5 Å². The van der Waals surface area contributed by atoms with Crippen molar-refractivity contribution in [3.05, 3.63) is 53.3 Å². The van der Waals surface area contributed by atoms with Crippen molar-refractivity contribution in [1.29, 1.82) is 0 Å². The van der Waals surface area contributed by atoms with E-state index in [1.807, 2.05) is 6.07 Å². The van der Waals surface area contributed by atoms with Crippen LogP contribution in [0.1, 0.15) is 17.0 Å². The van der Waals surface area contributed by atoms with E-state index in [0.29, 0.717) is 17.5 Å². The molecule has 2 aromatic carbocycles. The Morgan fingerprint density at radius 2 is 1.90 bits per heavy atom. The zero-order valence-electron chi connectivity index (χ0n) is 15.9. The van der Waals surface area contributed by atoms with Gasteiger partial charge in [0.1, 0.15) is 5.75 Å². The standard InChI is InChI=1S/C19H16Cl3F3N4O2/c1-31-15-5-3-11(19(23,24)25)9-14(15)29-17(30)26-7-6-10-2-4-12-13(8-10)28-16(27-12)18(20,21)22/h2-5,8-9H,6-7H2,1H3,(H,27,28)(H2,26,29,30). The maximum Gasteiger partial charge on any atom is 0.416 e. The Morgan fingerprint density at radius 1 is 1.16 bits per heavy atom. The summed E-state index contributed by atoms with van der Waals surface area (Å²) in [4.78, 5) is 19.3. The smallest absolute Gasteiger partial charge is 0.416 e. The van der Waals surface area contributed by atoms with Crippen LogP contribution in [0, 0.1) is 0 Å². The first kappa shape index (κ1) is 23.3. The van der Waals surface area contributed by atoms with Crippen molar-refractivity contribution in [2.45, 2.75) is 16.4 Å². The molecule has 0 saturated carbocycles. The van der Waals surface area contributed by atoms with E-state index in [-0.39, 0.29) is 23.8 Å². The molecule has 3 aromatic rings. The molecule has 1 heterocycles. The topological polar surface area (TPSA) is 79.0 Å². The lowest BCUT2D eigenvalue weighted by molar-refractivity contribution is -0.137. The Morgan fingerprint density at radius 3 is 2.55 bits per heavy atom. The Labute approximate surface area is 190 Å². The summed E-state index contributed by atoms with van der Waals surface area (Å²) >= 11 is 17.5. The second-order valence-corrected chi connectivity index (χ2v) is 8.76. The summed E-state index contributed by atoms with van der Waals surface area (Å²) in [6.07, 6.45) is -4.10. The number of urea groups is 1. The zero-order valence-corrected chi connectivity index (χ0v) is 18.2. The van der Waals surface area contributed by atoms with Gasteiger partial charge in [0.05, 0.1) is 29.4 Å². The van der Waals surface area contributed by atoms with Gasteiger partial charge >= 0.3 is 12.2 Å². The first-order chi connectivity index (χ1) is 14.5. The molecule has 0 atom stereocenters. The Bertz CT molecular complexity index is 1100. The molecule has 0 radical (unpaired) electrons. The highest BCUT2D eigenvalue weighted by Gasteiger charge is 2.31. The van der Waals surface area contributed by atoms with Crippen LogP contribution in [0.25, 0.3) is 11.0 Å². The Balaban J connectivity index is 1.61. The summed E-state index contributed by atoms with van der Waals surface area (Å²) in [5.74, 6) is 0.300. The number of nitrogens with zero attached hydrogens (tertiary/aromatic N) is 1. The van der Waals surface area contributed by atoms with Gasteiger partial charge in [-0.25, -0.2) is 9.78 Å². The normalized spacial score (nSPS) is 12.1. The molecule has 3 rings (SSSR count). The van der Waals surface area contributed by atoms with Crippen LogP contribution < -0.4 is 15.4 Å². The van der Waals surface area contributed by atoms with Crippen LogP contribution in [0.2, 0.25) is 0 Å². The summed E-state index contributed by atoms with van der Waals surface area (Å²) in [5, 5.41) is 4.96. The van der Waals surface area contributed by atoms with Crippen LogP contribution in [0.5, 0.6) is 5.75 Å². The van der Waals surface area contributed by atoms with Crippen LogP contribution in [0.15, 0.2) is 36.4 Å². The number of ether oxygens (including phenoxy) is 1. The summed E-state index contributed by atoms with van der Waals surface area (Å²) < 4.78 is 42.1. The van der Waals surface area contributed by atoms with Gasteiger partial charge in [-0.2, -0.15) is 13.2 Å². The highest BCUT2D eigenvalue weighted by atomic mass is 35.6. The van der Waals surface area contributed by atoms with Gasteiger partial charge in [0.2, 0.25) is 3.79 Å². The monoisotopic (exact) mass is 494 g/mol. The van der Waals surface area contributed by atoms with E-state index in [1.165, 1.54) is 7.11 Å². The number of amides is 2. The first-order valence-corrected chi connectivity index (χ1v) is 9.96. The molecule has 0 aliphatic rings. The quantitative estimate of drug-likeness (QED) is 0.393. The summed E-state index contributed by atoms with van der Waals surface area (Å²) in [7, 11) is 1.30. The molecule has 1 aromatic heterocycles. The number of fused-ring (bicyclic) bond motifs is 1. The zero-order chi connectivity index (χ0) is 22.8. The molecule has 6 nitrogen and oxygen atoms in total. The number of H-pyrrole nitrogens is 1. The lowest BCUT2D eigenvalue weighted by Gasteiger charge is -2.14. The number of carbonyl (C=O) groups excluding carboxylic acids is 1. The van der Waals surface area contributed by atoms with E-state index in [9.17, 15) is 18.0 Å². The highest BCUT2D eigenvalue weighted by molar-refractivity contribution is 6.66. The van der Waals surface area contributed by atoms with Gasteiger partial charge in [-0.05, 0) is 42.3 Å². The lowest BCUT2D eigenvalue weighted by Crippen LogP contribution is -2.30. The van der Waals surface area contributed by atoms with Gasteiger partial charge in [0.15, 0.2) is 5.82 Å². The van der Waals surface area contributed by atoms with Crippen molar-refractivity contribution in [3.8, 4) is 5.75 Å². The number of aromatic nitrogens is 2. The maximum absolute atomic E-state index is 12.9. The van der Waals surface area contributed by atoms with Gasteiger partial charge in [-0.1, -0.05) is 40.9 Å². The molecule has 0 aliphatic heterocycles. The molecule has 0 spiro atoms. The molecular weight excluding hydrogens is 480 g/mol. The van der Waals surface area contributed by atoms with E-state index in [0.717, 1.165) is 23.8 Å². The highest BCUT2D eigenvalue weighted by Crippen LogP contribution is 2.37. The second-order valence-electron chi connectivity index (χ2n) is 6.48. The Hall–Kier alpha value is -2.36. The van der Waals surface area contributed by atoms with E-state index < -0.39 is 21.6 Å².